The van der Waals surface area contributed by atoms with E-state index in [1.807, 2.05) is 0 Å². The minimum atomic E-state index is -4.03. The highest BCUT2D eigenvalue weighted by Crippen LogP contribution is 2.32. The highest BCUT2D eigenvalue weighted by Gasteiger charge is 2.26. The van der Waals surface area contributed by atoms with Crippen LogP contribution in [0.3, 0.4) is 0 Å². The molecule has 164 valence electrons. The minimum Gasteiger partial charge on any atom is -0.289 e. The van der Waals surface area contributed by atoms with Crippen molar-refractivity contribution in [2.45, 2.75) is 22.9 Å². The van der Waals surface area contributed by atoms with Crippen LogP contribution in [0.2, 0.25) is 5.02 Å². The zero-order chi connectivity index (χ0) is 22.8. The standard InChI is InChI=1S/C21H21ClN2O5S2/c1-14(24-30(2,26)27)15-5-7-16(8-6-15)20(25)19-4-3-13-23-21(19)31(28,29)18-11-9-17(22)10-12-18/h3-14,24,26-27H,1-2H3/t14-/m0/s1. The fraction of sp³-hybridized carbons (Fsp3) is 0.143. The van der Waals surface area contributed by atoms with Crippen LogP contribution in [-0.4, -0.2) is 34.5 Å². The molecule has 0 aliphatic rings. The van der Waals surface area contributed by atoms with Gasteiger partial charge in [-0.15, -0.1) is 10.8 Å². The first kappa shape index (κ1) is 23.4. The molecule has 0 fully saturated rings. The number of ketones is 1. The van der Waals surface area contributed by atoms with Crippen molar-refractivity contribution in [3.8, 4) is 0 Å². The molecule has 1 heterocycles. The number of carbonyl (C=O) groups excluding carboxylic acids is 1. The number of hydrogen-bond donors (Lipinski definition) is 3. The number of aromatic nitrogens is 1. The third kappa shape index (κ3) is 5.51. The van der Waals surface area contributed by atoms with E-state index in [0.717, 1.165) is 5.56 Å². The van der Waals surface area contributed by atoms with Gasteiger partial charge in [-0.25, -0.2) is 18.1 Å². The predicted molar refractivity (Wildman–Crippen MR) is 121 cm³/mol. The van der Waals surface area contributed by atoms with Crippen LogP contribution in [0.5, 0.6) is 0 Å². The second-order valence-corrected chi connectivity index (χ2v) is 11.1. The first-order valence-corrected chi connectivity index (χ1v) is 12.9. The number of hydrogen-bond acceptors (Lipinski definition) is 7. The molecule has 3 N–H and O–H groups in total. The quantitative estimate of drug-likeness (QED) is 0.418. The zero-order valence-corrected chi connectivity index (χ0v) is 19.1. The molecule has 0 aliphatic heterocycles. The number of nitrogens with zero attached hydrogens (tertiary/aromatic N) is 1. The summed E-state index contributed by atoms with van der Waals surface area (Å²) in [5, 5.41) is 0.0609. The molecule has 31 heavy (non-hydrogen) atoms. The van der Waals surface area contributed by atoms with E-state index >= 15 is 0 Å². The van der Waals surface area contributed by atoms with Gasteiger partial charge >= 0.3 is 0 Å². The Morgan fingerprint density at radius 3 is 2.23 bits per heavy atom. The van der Waals surface area contributed by atoms with Crippen LogP contribution in [0, 0.1) is 0 Å². The van der Waals surface area contributed by atoms with E-state index in [2.05, 4.69) is 9.71 Å². The van der Waals surface area contributed by atoms with Crippen LogP contribution in [0.1, 0.15) is 34.5 Å². The highest BCUT2D eigenvalue weighted by molar-refractivity contribution is 8.22. The summed E-state index contributed by atoms with van der Waals surface area (Å²) in [4.78, 5) is 17.1. The first-order valence-electron chi connectivity index (χ1n) is 9.10. The number of benzene rings is 2. The molecular weight excluding hydrogens is 460 g/mol. The van der Waals surface area contributed by atoms with Gasteiger partial charge in [0.1, 0.15) is 0 Å². The average molecular weight is 481 g/mol. The number of halogens is 1. The molecule has 0 radical (unpaired) electrons. The Bertz CT molecular complexity index is 1190. The summed E-state index contributed by atoms with van der Waals surface area (Å²) in [6.07, 6.45) is 2.60. The Labute approximate surface area is 187 Å². The lowest BCUT2D eigenvalue weighted by Gasteiger charge is -2.31. The topological polar surface area (TPSA) is 117 Å². The van der Waals surface area contributed by atoms with Crippen molar-refractivity contribution in [2.24, 2.45) is 0 Å². The van der Waals surface area contributed by atoms with Gasteiger partial charge in [-0.1, -0.05) is 35.9 Å². The van der Waals surface area contributed by atoms with Crippen molar-refractivity contribution in [2.75, 3.05) is 6.26 Å². The van der Waals surface area contributed by atoms with Crippen molar-refractivity contribution >= 4 is 38.0 Å². The number of pyridine rings is 1. The summed E-state index contributed by atoms with van der Waals surface area (Å²) in [6.45, 7) is 1.76. The van der Waals surface area contributed by atoms with Gasteiger partial charge in [0.25, 0.3) is 0 Å². The number of carbonyl (C=O) groups is 1. The molecule has 1 atom stereocenters. The Balaban J connectivity index is 1.94. The lowest BCUT2D eigenvalue weighted by atomic mass is 10.0. The molecule has 0 aliphatic carbocycles. The summed E-state index contributed by atoms with van der Waals surface area (Å²) in [6, 6.07) is 14.6. The Kier molecular flexibility index (Phi) is 6.85. The van der Waals surface area contributed by atoms with Crippen molar-refractivity contribution in [1.82, 2.24) is 9.71 Å². The van der Waals surface area contributed by atoms with E-state index in [-0.39, 0.29) is 27.1 Å². The molecule has 10 heteroatoms. The van der Waals surface area contributed by atoms with Gasteiger partial charge in [0.2, 0.25) is 9.84 Å². The summed E-state index contributed by atoms with van der Waals surface area (Å²) >= 11 is 5.84. The molecular formula is C21H21ClN2O5S2. The van der Waals surface area contributed by atoms with Gasteiger partial charge < -0.3 is 0 Å². The molecule has 0 amide bonds. The molecule has 0 spiro atoms. The molecule has 7 nitrogen and oxygen atoms in total. The van der Waals surface area contributed by atoms with Gasteiger partial charge in [-0.05, 0) is 48.9 Å². The molecule has 2 aromatic carbocycles. The monoisotopic (exact) mass is 480 g/mol. The third-order valence-corrected chi connectivity index (χ3v) is 7.25. The molecule has 3 aromatic rings. The lowest BCUT2D eigenvalue weighted by Crippen LogP contribution is -2.22. The van der Waals surface area contributed by atoms with Crippen molar-refractivity contribution in [3.63, 3.8) is 0 Å². The van der Waals surface area contributed by atoms with Crippen LogP contribution in [0.15, 0.2) is 76.8 Å². The summed E-state index contributed by atoms with van der Waals surface area (Å²) in [5.74, 6) is -0.493. The Hall–Kier alpha value is -2.27. The molecule has 1 aromatic heterocycles. The van der Waals surface area contributed by atoms with E-state index in [1.54, 1.807) is 31.2 Å². The summed E-state index contributed by atoms with van der Waals surface area (Å²) in [7, 11) is -6.93. The van der Waals surface area contributed by atoms with Crippen molar-refractivity contribution in [1.29, 1.82) is 0 Å². The van der Waals surface area contributed by atoms with Crippen LogP contribution in [-0.2, 0) is 9.84 Å². The SMILES string of the molecule is C[C@H](NS(C)(O)O)c1ccc(C(=O)c2cccnc2S(=O)(=O)c2ccc(Cl)cc2)cc1. The summed E-state index contributed by atoms with van der Waals surface area (Å²) < 4.78 is 47.9. The van der Waals surface area contributed by atoms with E-state index in [4.69, 9.17) is 11.6 Å². The second-order valence-electron chi connectivity index (χ2n) is 6.94. The van der Waals surface area contributed by atoms with E-state index in [9.17, 15) is 22.3 Å². The van der Waals surface area contributed by atoms with Crippen LogP contribution in [0.25, 0.3) is 0 Å². The molecule has 0 saturated heterocycles. The predicted octanol–water partition coefficient (Wildman–Crippen LogP) is 4.74. The van der Waals surface area contributed by atoms with Crippen molar-refractivity contribution < 1.29 is 22.3 Å². The second kappa shape index (κ2) is 9.07. The number of sulfone groups is 1. The lowest BCUT2D eigenvalue weighted by molar-refractivity contribution is 0.103. The molecule has 3 rings (SSSR count). The van der Waals surface area contributed by atoms with Crippen LogP contribution < -0.4 is 4.72 Å². The Morgan fingerprint density at radius 2 is 1.65 bits per heavy atom. The maximum Gasteiger partial charge on any atom is 0.224 e. The largest absolute Gasteiger partial charge is 0.289 e. The zero-order valence-electron chi connectivity index (χ0n) is 16.7. The number of nitrogens with one attached hydrogen (secondary N) is 1. The number of rotatable bonds is 7. The van der Waals surface area contributed by atoms with Gasteiger partial charge in [0.15, 0.2) is 10.8 Å². The first-order chi connectivity index (χ1) is 14.5. The van der Waals surface area contributed by atoms with Gasteiger partial charge in [-0.2, -0.15) is 0 Å². The highest BCUT2D eigenvalue weighted by atomic mass is 35.5. The third-order valence-electron chi connectivity index (χ3n) is 4.47. The van der Waals surface area contributed by atoms with Gasteiger partial charge in [0, 0.05) is 29.1 Å². The fourth-order valence-corrected chi connectivity index (χ4v) is 5.28. The molecule has 0 bridgehead atoms. The van der Waals surface area contributed by atoms with Crippen LogP contribution >= 0.6 is 22.4 Å². The fourth-order valence-electron chi connectivity index (χ4n) is 2.98. The Morgan fingerprint density at radius 1 is 1.03 bits per heavy atom. The van der Waals surface area contributed by atoms with Gasteiger partial charge in [0.05, 0.1) is 10.5 Å². The molecule has 0 saturated carbocycles. The maximum atomic E-state index is 13.1. The van der Waals surface area contributed by atoms with E-state index in [0.29, 0.717) is 5.02 Å². The van der Waals surface area contributed by atoms with Crippen molar-refractivity contribution in [3.05, 3.63) is 88.6 Å². The maximum absolute atomic E-state index is 13.1. The average Bonchev–Trinajstić information content (AvgIpc) is 2.72. The van der Waals surface area contributed by atoms with Gasteiger partial charge in [-0.3, -0.25) is 13.9 Å². The molecule has 0 unspecified atom stereocenters. The summed E-state index contributed by atoms with van der Waals surface area (Å²) in [5.41, 5.74) is 0.970. The smallest absolute Gasteiger partial charge is 0.224 e. The van der Waals surface area contributed by atoms with Crippen LogP contribution in [0.4, 0.5) is 0 Å². The minimum absolute atomic E-state index is 0.0153. The van der Waals surface area contributed by atoms with E-state index in [1.165, 1.54) is 48.9 Å². The normalized spacial score (nSPS) is 13.6. The van der Waals surface area contributed by atoms with E-state index < -0.39 is 26.4 Å².